The minimum atomic E-state index is -4.50. The highest BCUT2D eigenvalue weighted by Gasteiger charge is 2.55. The van der Waals surface area contributed by atoms with Crippen molar-refractivity contribution in [1.82, 2.24) is 19.8 Å². The fraction of sp³-hybridized carbons (Fsp3) is 0.542. The summed E-state index contributed by atoms with van der Waals surface area (Å²) in [6.07, 6.45) is -0.164. The molecule has 2 unspecified atom stereocenters. The maximum Gasteiger partial charge on any atom is 0.434 e. The molecule has 34 heavy (non-hydrogen) atoms. The number of alkyl halides is 3. The third-order valence-corrected chi connectivity index (χ3v) is 7.61. The molecule has 1 saturated carbocycles. The van der Waals surface area contributed by atoms with Crippen LogP contribution < -0.4 is 4.90 Å². The lowest BCUT2D eigenvalue weighted by molar-refractivity contribution is -0.142. The summed E-state index contributed by atoms with van der Waals surface area (Å²) in [5, 5.41) is 0. The Bertz CT molecular complexity index is 1040. The predicted molar refractivity (Wildman–Crippen MR) is 117 cm³/mol. The zero-order valence-corrected chi connectivity index (χ0v) is 18.6. The fourth-order valence-corrected chi connectivity index (χ4v) is 6.03. The van der Waals surface area contributed by atoms with Gasteiger partial charge in [-0.2, -0.15) is 13.2 Å². The number of amides is 1. The predicted octanol–water partition coefficient (Wildman–Crippen LogP) is 3.56. The van der Waals surface area contributed by atoms with Crippen LogP contribution in [0.25, 0.3) is 0 Å². The first-order valence-corrected chi connectivity index (χ1v) is 11.7. The number of rotatable bonds is 4. The molecular weight excluding hydrogens is 447 g/mol. The molecule has 4 saturated heterocycles. The molecular formula is C24H26F3N5O2. The molecule has 0 N–H and O–H groups in total. The third-order valence-electron chi connectivity index (χ3n) is 7.61. The van der Waals surface area contributed by atoms with Gasteiger partial charge in [-0.3, -0.25) is 9.80 Å². The molecule has 7 rings (SSSR count). The van der Waals surface area contributed by atoms with Gasteiger partial charge in [0.05, 0.1) is 24.5 Å². The number of carbonyl (C=O) groups excluding carboxylic acids is 1. The number of fused-ring (bicyclic) bond motifs is 2. The molecule has 1 spiro atoms. The van der Waals surface area contributed by atoms with Gasteiger partial charge in [0.2, 0.25) is 0 Å². The maximum atomic E-state index is 12.8. The van der Waals surface area contributed by atoms with Gasteiger partial charge in [-0.1, -0.05) is 30.3 Å². The van der Waals surface area contributed by atoms with E-state index in [0.29, 0.717) is 24.3 Å². The summed E-state index contributed by atoms with van der Waals surface area (Å²) in [6, 6.07) is 10.4. The highest BCUT2D eigenvalue weighted by Crippen LogP contribution is 2.50. The highest BCUT2D eigenvalue weighted by molar-refractivity contribution is 5.71. The van der Waals surface area contributed by atoms with Crippen molar-refractivity contribution < 1.29 is 22.7 Å². The standard InChI is InChI=1S/C24H26F3N5O2/c25-24(26,27)20-9-29-21(10-28-20)31-12-17-6-18(13-31)32(17)22(33)34-19-7-23(8-19)14-30(15-23)11-16-4-2-1-3-5-16/h1-5,9-10,17-19H,6-8,11-15H2. The van der Waals surface area contributed by atoms with Crippen LogP contribution in [0.2, 0.25) is 0 Å². The molecule has 0 radical (unpaired) electrons. The Balaban J connectivity index is 0.961. The molecule has 2 bridgehead atoms. The molecule has 1 aliphatic carbocycles. The van der Waals surface area contributed by atoms with Gasteiger partial charge in [0.15, 0.2) is 5.69 Å². The second kappa shape index (κ2) is 7.83. The molecule has 1 amide bonds. The molecule has 5 heterocycles. The number of likely N-dealkylation sites (tertiary alicyclic amines) is 1. The number of ether oxygens (including phenoxy) is 1. The van der Waals surface area contributed by atoms with E-state index >= 15 is 0 Å². The summed E-state index contributed by atoms with van der Waals surface area (Å²) >= 11 is 0. The Morgan fingerprint density at radius 1 is 1.06 bits per heavy atom. The van der Waals surface area contributed by atoms with Crippen molar-refractivity contribution in [2.45, 2.75) is 50.2 Å². The van der Waals surface area contributed by atoms with Crippen molar-refractivity contribution in [3.8, 4) is 0 Å². The number of hydrogen-bond acceptors (Lipinski definition) is 6. The summed E-state index contributed by atoms with van der Waals surface area (Å²) in [7, 11) is 0. The Morgan fingerprint density at radius 3 is 2.38 bits per heavy atom. The molecule has 5 aliphatic rings. The van der Waals surface area contributed by atoms with Crippen LogP contribution in [0.15, 0.2) is 42.7 Å². The number of anilines is 1. The Hall–Kier alpha value is -2.88. The number of piperazine rings is 1. The lowest BCUT2D eigenvalue weighted by atomic mass is 9.61. The number of hydrogen-bond donors (Lipinski definition) is 0. The molecule has 7 nitrogen and oxygen atoms in total. The summed E-state index contributed by atoms with van der Waals surface area (Å²) in [5.41, 5.74) is 0.611. The first-order chi connectivity index (χ1) is 16.3. The molecule has 2 atom stereocenters. The third kappa shape index (κ3) is 3.87. The SMILES string of the molecule is O=C(OC1CC2(C1)CN(Cc1ccccc1)C2)N1C2CC1CN(c1cnc(C(F)(F)F)cn1)C2. The molecule has 10 heteroatoms. The second-order valence-electron chi connectivity index (χ2n) is 10.2. The molecule has 4 aliphatic heterocycles. The van der Waals surface area contributed by atoms with E-state index in [4.69, 9.17) is 4.74 Å². The van der Waals surface area contributed by atoms with E-state index in [9.17, 15) is 18.0 Å². The van der Waals surface area contributed by atoms with Crippen LogP contribution in [-0.4, -0.2) is 70.2 Å². The van der Waals surface area contributed by atoms with Crippen LogP contribution in [0.4, 0.5) is 23.8 Å². The average molecular weight is 473 g/mol. The Labute approximate surface area is 195 Å². The van der Waals surface area contributed by atoms with Crippen molar-refractivity contribution in [3.05, 3.63) is 54.0 Å². The molecule has 1 aromatic carbocycles. The highest BCUT2D eigenvalue weighted by atomic mass is 19.4. The zero-order valence-electron chi connectivity index (χ0n) is 18.6. The first kappa shape index (κ1) is 21.6. The largest absolute Gasteiger partial charge is 0.446 e. The van der Waals surface area contributed by atoms with Crippen LogP contribution in [0.1, 0.15) is 30.5 Å². The smallest absolute Gasteiger partial charge is 0.434 e. The van der Waals surface area contributed by atoms with Crippen LogP contribution in [0.5, 0.6) is 0 Å². The Morgan fingerprint density at radius 2 is 1.76 bits per heavy atom. The van der Waals surface area contributed by atoms with Crippen molar-refractivity contribution in [2.75, 3.05) is 31.1 Å². The lowest BCUT2D eigenvalue weighted by Gasteiger charge is -2.59. The van der Waals surface area contributed by atoms with Gasteiger partial charge in [-0.15, -0.1) is 0 Å². The number of benzene rings is 1. The van der Waals surface area contributed by atoms with Gasteiger partial charge >= 0.3 is 12.3 Å². The number of halogens is 3. The fourth-order valence-electron chi connectivity index (χ4n) is 6.03. The maximum absolute atomic E-state index is 12.8. The van der Waals surface area contributed by atoms with Gasteiger partial charge < -0.3 is 9.64 Å². The van der Waals surface area contributed by atoms with E-state index in [1.54, 1.807) is 4.90 Å². The van der Waals surface area contributed by atoms with E-state index < -0.39 is 11.9 Å². The van der Waals surface area contributed by atoms with Crippen LogP contribution >= 0.6 is 0 Å². The van der Waals surface area contributed by atoms with Gasteiger partial charge in [-0.25, -0.2) is 14.8 Å². The minimum Gasteiger partial charge on any atom is -0.446 e. The van der Waals surface area contributed by atoms with Crippen molar-refractivity contribution in [3.63, 3.8) is 0 Å². The topological polar surface area (TPSA) is 61.8 Å². The van der Waals surface area contributed by atoms with Gasteiger partial charge in [-0.05, 0) is 24.8 Å². The molecule has 180 valence electrons. The number of carbonyl (C=O) groups is 1. The summed E-state index contributed by atoms with van der Waals surface area (Å²) in [6.45, 7) is 4.11. The number of piperidine rings is 1. The average Bonchev–Trinajstić information content (AvgIpc) is 2.76. The Kier molecular flexibility index (Phi) is 4.98. The van der Waals surface area contributed by atoms with Crippen LogP contribution in [-0.2, 0) is 17.5 Å². The van der Waals surface area contributed by atoms with E-state index in [1.807, 2.05) is 11.0 Å². The second-order valence-corrected chi connectivity index (χ2v) is 10.2. The van der Waals surface area contributed by atoms with Crippen molar-refractivity contribution >= 4 is 11.9 Å². The number of nitrogens with zero attached hydrogens (tertiary/aromatic N) is 5. The summed E-state index contributed by atoms with van der Waals surface area (Å²) < 4.78 is 43.9. The summed E-state index contributed by atoms with van der Waals surface area (Å²) in [4.78, 5) is 26.3. The van der Waals surface area contributed by atoms with Crippen molar-refractivity contribution in [1.29, 1.82) is 0 Å². The monoisotopic (exact) mass is 473 g/mol. The van der Waals surface area contributed by atoms with Crippen LogP contribution in [0, 0.1) is 5.41 Å². The molecule has 5 fully saturated rings. The molecule has 2 aromatic rings. The van der Waals surface area contributed by atoms with Crippen LogP contribution in [0.3, 0.4) is 0 Å². The van der Waals surface area contributed by atoms with E-state index in [-0.39, 0.29) is 24.3 Å². The van der Waals surface area contributed by atoms with Gasteiger partial charge in [0, 0.05) is 38.1 Å². The quantitative estimate of drug-likeness (QED) is 0.677. The van der Waals surface area contributed by atoms with Gasteiger partial charge in [0.1, 0.15) is 11.9 Å². The van der Waals surface area contributed by atoms with E-state index in [0.717, 1.165) is 51.3 Å². The van der Waals surface area contributed by atoms with E-state index in [2.05, 4.69) is 39.1 Å². The van der Waals surface area contributed by atoms with Crippen molar-refractivity contribution in [2.24, 2.45) is 5.41 Å². The minimum absolute atomic E-state index is 0.00514. The van der Waals surface area contributed by atoms with E-state index in [1.165, 1.54) is 5.56 Å². The zero-order chi connectivity index (χ0) is 23.5. The summed E-state index contributed by atoms with van der Waals surface area (Å²) in [5.74, 6) is 0.404. The number of aromatic nitrogens is 2. The lowest BCUT2D eigenvalue weighted by Crippen LogP contribution is -2.71. The van der Waals surface area contributed by atoms with Gasteiger partial charge in [0.25, 0.3) is 0 Å². The molecule has 1 aromatic heterocycles. The normalized spacial score (nSPS) is 26.0. The first-order valence-electron chi connectivity index (χ1n) is 11.7.